The number of nitrogens with one attached hydrogen (secondary N) is 1. The molecule has 0 aromatic rings. The van der Waals surface area contributed by atoms with Gasteiger partial charge in [0.25, 0.3) is 0 Å². The lowest BCUT2D eigenvalue weighted by Crippen LogP contribution is -3.00. The molecule has 0 fully saturated rings. The first kappa shape index (κ1) is 36.4. The molecule has 0 saturated carbocycles. The molecule has 0 aromatic heterocycles. The standard InChI is InChI=1S/C23H52N2O4Si4.BrH/c1-13-20-25(2,3)21-16-14-15-18-23(26)24-19-17-22-33(27-30(4,5)6,28-31(7,8)9)29-32(10,11)12;/h1H,14-22H2,2-12H3;1H. The minimum absolute atomic E-state index is 0. The highest BCUT2D eigenvalue weighted by Gasteiger charge is 2.49. The molecule has 0 atom stereocenters. The number of unbranched alkanes of at least 4 members (excludes halogenated alkanes) is 2. The molecular weight excluding hydrogens is 561 g/mol. The predicted molar refractivity (Wildman–Crippen MR) is 151 cm³/mol. The molecule has 202 valence electrons. The van der Waals surface area contributed by atoms with Crippen molar-refractivity contribution in [2.45, 2.75) is 97.1 Å². The van der Waals surface area contributed by atoms with Crippen LogP contribution in [-0.4, -0.2) is 77.9 Å². The van der Waals surface area contributed by atoms with Crippen molar-refractivity contribution < 1.29 is 38.6 Å². The Morgan fingerprint density at radius 3 is 1.71 bits per heavy atom. The SMILES string of the molecule is C#CC[N+](C)(C)CCCCCC(=O)NCCC[Si](O[Si](C)(C)C)(O[Si](C)(C)C)O[Si](C)(C)C.[Br-]. The molecular formula is C23H53BrN2O4Si4. The van der Waals surface area contributed by atoms with Gasteiger partial charge in [-0.2, -0.15) is 0 Å². The van der Waals surface area contributed by atoms with Gasteiger partial charge in [-0.05, 0) is 90.5 Å². The van der Waals surface area contributed by atoms with Gasteiger partial charge in [0.15, 0.2) is 25.0 Å². The molecule has 6 nitrogen and oxygen atoms in total. The minimum Gasteiger partial charge on any atom is -1.00 e. The van der Waals surface area contributed by atoms with Crippen LogP contribution in [0.5, 0.6) is 0 Å². The fourth-order valence-corrected chi connectivity index (χ4v) is 18.2. The highest BCUT2D eigenvalue weighted by atomic mass is 79.9. The highest BCUT2D eigenvalue weighted by Crippen LogP contribution is 2.29. The zero-order chi connectivity index (χ0) is 26.0. The molecule has 0 aliphatic heterocycles. The van der Waals surface area contributed by atoms with E-state index in [0.717, 1.165) is 49.3 Å². The van der Waals surface area contributed by atoms with Crippen molar-refractivity contribution in [3.8, 4) is 12.3 Å². The van der Waals surface area contributed by atoms with Crippen LogP contribution in [0.2, 0.25) is 65.0 Å². The number of nitrogens with zero attached hydrogens (tertiary/aromatic N) is 1. The van der Waals surface area contributed by atoms with Gasteiger partial charge in [0.05, 0.1) is 20.6 Å². The highest BCUT2D eigenvalue weighted by molar-refractivity contribution is 6.90. The van der Waals surface area contributed by atoms with E-state index in [9.17, 15) is 4.79 Å². The van der Waals surface area contributed by atoms with Gasteiger partial charge in [0.2, 0.25) is 5.91 Å². The average Bonchev–Trinajstić information content (AvgIpc) is 2.53. The molecule has 1 N–H and O–H groups in total. The fraction of sp³-hybridized carbons (Fsp3) is 0.870. The molecule has 0 heterocycles. The van der Waals surface area contributed by atoms with Crippen LogP contribution in [0.25, 0.3) is 0 Å². The second-order valence-electron chi connectivity index (χ2n) is 12.6. The average molecular weight is 614 g/mol. The number of amides is 1. The Balaban J connectivity index is 0. The van der Waals surface area contributed by atoms with E-state index in [-0.39, 0.29) is 22.9 Å². The summed E-state index contributed by atoms with van der Waals surface area (Å²) in [5, 5.41) is 3.09. The van der Waals surface area contributed by atoms with Crippen LogP contribution in [-0.2, 0) is 17.1 Å². The Labute approximate surface area is 226 Å². The Bertz CT molecular complexity index is 598. The molecule has 11 heteroatoms. The predicted octanol–water partition coefficient (Wildman–Crippen LogP) is 2.26. The number of halogens is 1. The summed E-state index contributed by atoms with van der Waals surface area (Å²) in [5.74, 6) is 2.86. The number of hydrogen-bond donors (Lipinski definition) is 1. The van der Waals surface area contributed by atoms with E-state index in [1.54, 1.807) is 0 Å². The summed E-state index contributed by atoms with van der Waals surface area (Å²) in [6.07, 6.45) is 9.87. The summed E-state index contributed by atoms with van der Waals surface area (Å²) in [7, 11) is -4.10. The second-order valence-corrected chi connectivity index (χ2v) is 29.6. The van der Waals surface area contributed by atoms with Gasteiger partial charge in [0.1, 0.15) is 6.54 Å². The molecule has 0 rings (SSSR count). The molecule has 34 heavy (non-hydrogen) atoms. The molecule has 0 radical (unpaired) electrons. The molecule has 0 aliphatic carbocycles. The quantitative estimate of drug-likeness (QED) is 0.118. The van der Waals surface area contributed by atoms with Gasteiger partial charge in [-0.15, -0.1) is 6.42 Å². The summed E-state index contributed by atoms with van der Waals surface area (Å²) in [6.45, 7) is 22.2. The van der Waals surface area contributed by atoms with E-state index in [4.69, 9.17) is 18.8 Å². The van der Waals surface area contributed by atoms with Gasteiger partial charge in [-0.3, -0.25) is 4.79 Å². The smallest absolute Gasteiger partial charge is 0.469 e. The van der Waals surface area contributed by atoms with Crippen LogP contribution in [0.4, 0.5) is 0 Å². The summed E-state index contributed by atoms with van der Waals surface area (Å²) >= 11 is 0. The summed E-state index contributed by atoms with van der Waals surface area (Å²) in [6, 6.07) is 0.758. The van der Waals surface area contributed by atoms with E-state index >= 15 is 0 Å². The van der Waals surface area contributed by atoms with E-state index in [0.29, 0.717) is 13.0 Å². The summed E-state index contributed by atoms with van der Waals surface area (Å²) in [5.41, 5.74) is 0. The first-order valence-electron chi connectivity index (χ1n) is 12.4. The van der Waals surface area contributed by atoms with Crippen molar-refractivity contribution in [3.05, 3.63) is 0 Å². The van der Waals surface area contributed by atoms with Crippen LogP contribution in [0.15, 0.2) is 0 Å². The normalized spacial score (nSPS) is 13.2. The third-order valence-corrected chi connectivity index (χ3v) is 16.6. The number of quaternary nitrogens is 1. The minimum atomic E-state index is -2.82. The topological polar surface area (TPSA) is 56.8 Å². The Morgan fingerprint density at radius 1 is 0.824 bits per heavy atom. The van der Waals surface area contributed by atoms with Crippen LogP contribution >= 0.6 is 0 Å². The largest absolute Gasteiger partial charge is 1.00 e. The summed E-state index contributed by atoms with van der Waals surface area (Å²) < 4.78 is 20.9. The zero-order valence-electron chi connectivity index (χ0n) is 23.9. The van der Waals surface area contributed by atoms with Crippen LogP contribution < -0.4 is 22.3 Å². The third kappa shape index (κ3) is 20.4. The van der Waals surface area contributed by atoms with Crippen molar-refractivity contribution >= 4 is 39.7 Å². The number of hydrogen-bond acceptors (Lipinski definition) is 4. The van der Waals surface area contributed by atoms with Gasteiger partial charge in [0, 0.05) is 19.0 Å². The maximum Gasteiger partial charge on any atom is 0.469 e. The number of terminal acetylenes is 1. The van der Waals surface area contributed by atoms with E-state index in [2.05, 4.69) is 84.3 Å². The van der Waals surface area contributed by atoms with E-state index < -0.39 is 33.8 Å². The Kier molecular flexibility index (Phi) is 16.5. The first-order valence-corrected chi connectivity index (χ1v) is 24.6. The number of carbonyl (C=O) groups is 1. The maximum absolute atomic E-state index is 12.3. The van der Waals surface area contributed by atoms with E-state index in [1.807, 2.05) is 0 Å². The Morgan fingerprint density at radius 2 is 1.29 bits per heavy atom. The second kappa shape index (κ2) is 15.5. The summed E-state index contributed by atoms with van der Waals surface area (Å²) in [4.78, 5) is 12.3. The lowest BCUT2D eigenvalue weighted by molar-refractivity contribution is -0.883. The van der Waals surface area contributed by atoms with Crippen molar-refractivity contribution in [2.75, 3.05) is 33.7 Å². The molecule has 0 bridgehead atoms. The van der Waals surface area contributed by atoms with E-state index in [1.165, 1.54) is 0 Å². The molecule has 0 saturated heterocycles. The monoisotopic (exact) mass is 612 g/mol. The zero-order valence-corrected chi connectivity index (χ0v) is 29.5. The lowest BCUT2D eigenvalue weighted by atomic mass is 10.1. The van der Waals surface area contributed by atoms with Crippen LogP contribution in [0, 0.1) is 12.3 Å². The third-order valence-electron chi connectivity index (χ3n) is 4.55. The first-order chi connectivity index (χ1) is 14.8. The molecule has 0 aromatic carbocycles. The van der Waals surface area contributed by atoms with Crippen molar-refractivity contribution in [2.24, 2.45) is 0 Å². The molecule has 1 amide bonds. The van der Waals surface area contributed by atoms with Gasteiger partial charge >= 0.3 is 8.80 Å². The molecule has 0 unspecified atom stereocenters. The van der Waals surface area contributed by atoms with Crippen molar-refractivity contribution in [1.29, 1.82) is 0 Å². The fourth-order valence-electron chi connectivity index (χ4n) is 3.56. The van der Waals surface area contributed by atoms with Gasteiger partial charge < -0.3 is 39.1 Å². The van der Waals surface area contributed by atoms with Crippen LogP contribution in [0.3, 0.4) is 0 Å². The maximum atomic E-state index is 12.3. The Hall–Kier alpha value is 0.218. The lowest BCUT2D eigenvalue weighted by Gasteiger charge is -2.43. The number of rotatable bonds is 17. The van der Waals surface area contributed by atoms with Crippen molar-refractivity contribution in [1.82, 2.24) is 5.32 Å². The van der Waals surface area contributed by atoms with Gasteiger partial charge in [-0.25, -0.2) is 0 Å². The number of carbonyl (C=O) groups excluding carboxylic acids is 1. The van der Waals surface area contributed by atoms with Crippen molar-refractivity contribution in [3.63, 3.8) is 0 Å². The molecule has 0 spiro atoms. The van der Waals surface area contributed by atoms with Gasteiger partial charge in [-0.1, -0.05) is 0 Å². The molecule has 0 aliphatic rings. The van der Waals surface area contributed by atoms with Crippen LogP contribution in [0.1, 0.15) is 32.1 Å².